The van der Waals surface area contributed by atoms with E-state index in [2.05, 4.69) is 31.2 Å². The zero-order valence-electron chi connectivity index (χ0n) is 21.2. The first-order chi connectivity index (χ1) is 17.2. The van der Waals surface area contributed by atoms with Crippen molar-refractivity contribution < 1.29 is 14.2 Å². The van der Waals surface area contributed by atoms with Crippen LogP contribution in [0.5, 0.6) is 0 Å². The first kappa shape index (κ1) is 26.8. The summed E-state index contributed by atoms with van der Waals surface area (Å²) in [5.74, 6) is -0.209. The van der Waals surface area contributed by atoms with Crippen LogP contribution >= 0.6 is 0 Å². The molecule has 0 heterocycles. The summed E-state index contributed by atoms with van der Waals surface area (Å²) in [6.07, 6.45) is 11.1. The maximum absolute atomic E-state index is 15.2. The van der Waals surface area contributed by atoms with Crippen molar-refractivity contribution in [2.45, 2.75) is 58.8 Å². The highest BCUT2D eigenvalue weighted by atomic mass is 19.1. The second kappa shape index (κ2) is 14.6. The van der Waals surface area contributed by atoms with Crippen LogP contribution in [0.1, 0.15) is 56.2 Å². The number of allylic oxidation sites excluding steroid dienone is 1. The smallest absolute Gasteiger partial charge is 0.131 e. The molecule has 0 aliphatic carbocycles. The molecule has 0 spiro atoms. The molecule has 0 aliphatic heterocycles. The van der Waals surface area contributed by atoms with Gasteiger partial charge < -0.3 is 9.84 Å². The Morgan fingerprint density at radius 2 is 1.54 bits per heavy atom. The van der Waals surface area contributed by atoms with Crippen molar-refractivity contribution in [3.8, 4) is 22.3 Å². The van der Waals surface area contributed by atoms with Gasteiger partial charge in [-0.25, -0.2) is 4.39 Å². The Kier molecular flexibility index (Phi) is 11.2. The molecule has 1 N–H and O–H groups in total. The van der Waals surface area contributed by atoms with E-state index in [0.717, 1.165) is 41.5 Å². The molecule has 0 unspecified atom stereocenters. The van der Waals surface area contributed by atoms with E-state index in [1.54, 1.807) is 6.07 Å². The number of ether oxygens (including phenoxy) is 1. The fourth-order valence-corrected chi connectivity index (χ4v) is 4.37. The molecule has 0 aliphatic rings. The van der Waals surface area contributed by atoms with Crippen LogP contribution in [0.15, 0.2) is 72.8 Å². The van der Waals surface area contributed by atoms with Gasteiger partial charge in [0.1, 0.15) is 5.82 Å². The number of halogens is 1. The zero-order chi connectivity index (χ0) is 24.9. The molecule has 0 bridgehead atoms. The van der Waals surface area contributed by atoms with Gasteiger partial charge in [-0.2, -0.15) is 0 Å². The number of rotatable bonds is 14. The van der Waals surface area contributed by atoms with E-state index in [4.69, 9.17) is 4.74 Å². The third kappa shape index (κ3) is 8.16. The topological polar surface area (TPSA) is 29.5 Å². The first-order valence-electron chi connectivity index (χ1n) is 13.0. The Morgan fingerprint density at radius 3 is 2.26 bits per heavy atom. The standard InChI is InChI=1S/C32H39FO2/c1-3-5-7-9-25-11-13-27(14-12-25)31-18-17-30(24-32(31)33)29-16-15-26(19-20-34)28(23-29)10-8-22-35-21-6-4-2/h4,6,11-18,23-24,34H,3,5,7-10,19-22H2,1-2H3/b6-4+. The minimum absolute atomic E-state index is 0.116. The van der Waals surface area contributed by atoms with Crippen molar-refractivity contribution in [2.24, 2.45) is 0 Å². The minimum Gasteiger partial charge on any atom is -0.396 e. The molecule has 0 atom stereocenters. The molecule has 3 heteroatoms. The summed E-state index contributed by atoms with van der Waals surface area (Å²) in [6.45, 7) is 5.63. The van der Waals surface area contributed by atoms with Gasteiger partial charge in [-0.3, -0.25) is 0 Å². The van der Waals surface area contributed by atoms with Crippen molar-refractivity contribution in [1.82, 2.24) is 0 Å². The zero-order valence-corrected chi connectivity index (χ0v) is 21.2. The number of aliphatic hydroxyl groups excluding tert-OH is 1. The lowest BCUT2D eigenvalue weighted by molar-refractivity contribution is 0.159. The summed E-state index contributed by atoms with van der Waals surface area (Å²) in [6, 6.07) is 20.0. The average Bonchev–Trinajstić information content (AvgIpc) is 2.88. The van der Waals surface area contributed by atoms with Gasteiger partial charge in [-0.05, 0) is 78.5 Å². The number of aliphatic hydroxyl groups is 1. The predicted octanol–water partition coefficient (Wildman–Crippen LogP) is 7.95. The molecule has 0 amide bonds. The minimum atomic E-state index is -0.209. The number of benzene rings is 3. The highest BCUT2D eigenvalue weighted by molar-refractivity contribution is 5.71. The first-order valence-corrected chi connectivity index (χ1v) is 13.0. The molecule has 0 saturated heterocycles. The van der Waals surface area contributed by atoms with Gasteiger partial charge in [0, 0.05) is 18.8 Å². The highest BCUT2D eigenvalue weighted by Crippen LogP contribution is 2.30. The Balaban J connectivity index is 1.73. The Hall–Kier alpha value is -2.75. The molecular weight excluding hydrogens is 435 g/mol. The molecule has 0 fully saturated rings. The summed E-state index contributed by atoms with van der Waals surface area (Å²) in [4.78, 5) is 0. The van der Waals surface area contributed by atoms with Gasteiger partial charge in [-0.15, -0.1) is 0 Å². The molecular formula is C32H39FO2. The third-order valence-electron chi connectivity index (χ3n) is 6.41. The number of aryl methyl sites for hydroxylation is 2. The van der Waals surface area contributed by atoms with Gasteiger partial charge in [0.05, 0.1) is 6.61 Å². The molecule has 0 aromatic heterocycles. The van der Waals surface area contributed by atoms with Crippen molar-refractivity contribution in [2.75, 3.05) is 19.8 Å². The fourth-order valence-electron chi connectivity index (χ4n) is 4.37. The van der Waals surface area contributed by atoms with Crippen molar-refractivity contribution >= 4 is 0 Å². The van der Waals surface area contributed by atoms with E-state index >= 15 is 4.39 Å². The van der Waals surface area contributed by atoms with Gasteiger partial charge in [-0.1, -0.05) is 86.5 Å². The van der Waals surface area contributed by atoms with Crippen LogP contribution in [-0.2, 0) is 24.0 Å². The third-order valence-corrected chi connectivity index (χ3v) is 6.41. The Bertz CT molecular complexity index is 1070. The van der Waals surface area contributed by atoms with Crippen molar-refractivity contribution in [3.05, 3.63) is 95.3 Å². The van der Waals surface area contributed by atoms with E-state index in [9.17, 15) is 5.11 Å². The number of hydrogen-bond acceptors (Lipinski definition) is 2. The monoisotopic (exact) mass is 474 g/mol. The lowest BCUT2D eigenvalue weighted by Crippen LogP contribution is -2.02. The lowest BCUT2D eigenvalue weighted by atomic mass is 9.93. The van der Waals surface area contributed by atoms with Gasteiger partial charge in [0.15, 0.2) is 0 Å². The Morgan fingerprint density at radius 1 is 0.800 bits per heavy atom. The molecule has 3 aromatic carbocycles. The summed E-state index contributed by atoms with van der Waals surface area (Å²) in [5, 5.41) is 9.46. The van der Waals surface area contributed by atoms with Crippen LogP contribution in [0.25, 0.3) is 22.3 Å². The summed E-state index contributed by atoms with van der Waals surface area (Å²) in [5.41, 5.74) is 7.03. The van der Waals surface area contributed by atoms with Crippen LogP contribution in [0.3, 0.4) is 0 Å². The van der Waals surface area contributed by atoms with Crippen LogP contribution in [0.2, 0.25) is 0 Å². The fraction of sp³-hybridized carbons (Fsp3) is 0.375. The summed E-state index contributed by atoms with van der Waals surface area (Å²) in [7, 11) is 0. The van der Waals surface area contributed by atoms with E-state index < -0.39 is 0 Å². The maximum atomic E-state index is 15.2. The van der Waals surface area contributed by atoms with Gasteiger partial charge in [0.2, 0.25) is 0 Å². The predicted molar refractivity (Wildman–Crippen MR) is 145 cm³/mol. The second-order valence-electron chi connectivity index (χ2n) is 9.05. The number of hydrogen-bond donors (Lipinski definition) is 1. The quantitative estimate of drug-likeness (QED) is 0.190. The van der Waals surface area contributed by atoms with Crippen molar-refractivity contribution in [3.63, 3.8) is 0 Å². The largest absolute Gasteiger partial charge is 0.396 e. The molecule has 0 radical (unpaired) electrons. The SMILES string of the molecule is C/C=C/COCCCc1cc(-c2ccc(-c3ccc(CCCCC)cc3)c(F)c2)ccc1CCO. The molecule has 2 nitrogen and oxygen atoms in total. The molecule has 0 saturated carbocycles. The van der Waals surface area contributed by atoms with E-state index in [1.807, 2.05) is 49.4 Å². The second-order valence-corrected chi connectivity index (χ2v) is 9.05. The van der Waals surface area contributed by atoms with E-state index in [1.165, 1.54) is 30.4 Å². The normalized spacial score (nSPS) is 11.4. The van der Waals surface area contributed by atoms with Gasteiger partial charge in [0.25, 0.3) is 0 Å². The summed E-state index contributed by atoms with van der Waals surface area (Å²) < 4.78 is 20.8. The van der Waals surface area contributed by atoms with E-state index in [0.29, 0.717) is 25.2 Å². The van der Waals surface area contributed by atoms with Crippen LogP contribution in [0, 0.1) is 5.82 Å². The van der Waals surface area contributed by atoms with Gasteiger partial charge >= 0.3 is 0 Å². The molecule has 3 rings (SSSR count). The maximum Gasteiger partial charge on any atom is 0.131 e. The van der Waals surface area contributed by atoms with Crippen LogP contribution in [-0.4, -0.2) is 24.9 Å². The summed E-state index contributed by atoms with van der Waals surface area (Å²) >= 11 is 0. The van der Waals surface area contributed by atoms with Crippen molar-refractivity contribution in [1.29, 1.82) is 0 Å². The molecule has 35 heavy (non-hydrogen) atoms. The van der Waals surface area contributed by atoms with E-state index in [-0.39, 0.29) is 12.4 Å². The van der Waals surface area contributed by atoms with Crippen LogP contribution in [0.4, 0.5) is 4.39 Å². The number of unbranched alkanes of at least 4 members (excludes halogenated alkanes) is 2. The lowest BCUT2D eigenvalue weighted by Gasteiger charge is -2.13. The average molecular weight is 475 g/mol. The molecule has 3 aromatic rings. The molecule has 186 valence electrons. The highest BCUT2D eigenvalue weighted by Gasteiger charge is 2.10. The van der Waals surface area contributed by atoms with Crippen LogP contribution < -0.4 is 0 Å². The Labute approximate surface area is 210 Å².